The van der Waals surface area contributed by atoms with Gasteiger partial charge in [-0.2, -0.15) is 0 Å². The van der Waals surface area contributed by atoms with Crippen LogP contribution in [0.15, 0.2) is 6.20 Å². The number of ether oxygens (including phenoxy) is 1. The van der Waals surface area contributed by atoms with E-state index in [0.29, 0.717) is 39.3 Å². The Morgan fingerprint density at radius 2 is 2.15 bits per heavy atom. The van der Waals surface area contributed by atoms with Gasteiger partial charge in [0.1, 0.15) is 0 Å². The van der Waals surface area contributed by atoms with Gasteiger partial charge in [-0.25, -0.2) is 0 Å². The van der Waals surface area contributed by atoms with Crippen molar-refractivity contribution < 1.29 is 9.53 Å². The fourth-order valence-corrected chi connectivity index (χ4v) is 2.21. The molecule has 7 nitrogen and oxygen atoms in total. The Bertz CT molecular complexity index is 415. The Morgan fingerprint density at radius 3 is 2.90 bits per heavy atom. The summed E-state index contributed by atoms with van der Waals surface area (Å²) >= 11 is 0. The van der Waals surface area contributed by atoms with Crippen molar-refractivity contribution >= 4 is 5.91 Å². The van der Waals surface area contributed by atoms with Gasteiger partial charge < -0.3 is 15.4 Å². The van der Waals surface area contributed by atoms with E-state index in [-0.39, 0.29) is 5.91 Å². The smallest absolute Gasteiger partial charge is 0.222 e. The summed E-state index contributed by atoms with van der Waals surface area (Å²) in [6, 6.07) is 0. The number of morpholine rings is 1. The van der Waals surface area contributed by atoms with Crippen LogP contribution >= 0.6 is 0 Å². The highest BCUT2D eigenvalue weighted by Crippen LogP contribution is 2.04. The van der Waals surface area contributed by atoms with Crippen LogP contribution < -0.4 is 5.73 Å². The van der Waals surface area contributed by atoms with E-state index in [1.54, 1.807) is 4.68 Å². The Labute approximate surface area is 119 Å². The molecule has 1 aliphatic heterocycles. The molecule has 0 radical (unpaired) electrons. The molecule has 0 saturated carbocycles. The molecule has 0 aliphatic carbocycles. The number of carbonyl (C=O) groups excluding carboxylic acids is 1. The van der Waals surface area contributed by atoms with Crippen LogP contribution in [-0.2, 0) is 22.5 Å². The van der Waals surface area contributed by atoms with E-state index in [4.69, 9.17) is 10.5 Å². The lowest BCUT2D eigenvalue weighted by Gasteiger charge is -2.26. The first-order valence-corrected chi connectivity index (χ1v) is 7.24. The summed E-state index contributed by atoms with van der Waals surface area (Å²) < 4.78 is 7.04. The number of nitrogens with two attached hydrogens (primary N) is 1. The molecule has 1 aromatic rings. The number of rotatable bonds is 7. The SMILES string of the molecule is NCCCc1cn(CCCC(=O)N2CCOCC2)nn1. The molecule has 2 N–H and O–H groups in total. The fraction of sp³-hybridized carbons (Fsp3) is 0.769. The lowest BCUT2D eigenvalue weighted by molar-refractivity contribution is -0.135. The van der Waals surface area contributed by atoms with E-state index in [0.717, 1.165) is 31.5 Å². The van der Waals surface area contributed by atoms with E-state index >= 15 is 0 Å². The molecule has 0 aromatic carbocycles. The number of aromatic nitrogens is 3. The number of amides is 1. The van der Waals surface area contributed by atoms with Crippen molar-refractivity contribution in [2.75, 3.05) is 32.8 Å². The maximum absolute atomic E-state index is 11.9. The molecule has 0 atom stereocenters. The summed E-state index contributed by atoms with van der Waals surface area (Å²) in [5, 5.41) is 8.15. The normalized spacial score (nSPS) is 15.6. The molecule has 1 aromatic heterocycles. The first-order chi connectivity index (χ1) is 9.79. The molecule has 0 bridgehead atoms. The molecule has 1 saturated heterocycles. The second kappa shape index (κ2) is 7.96. The van der Waals surface area contributed by atoms with Gasteiger partial charge in [0, 0.05) is 32.3 Å². The van der Waals surface area contributed by atoms with Crippen LogP contribution in [0, 0.1) is 0 Å². The molecule has 112 valence electrons. The van der Waals surface area contributed by atoms with Crippen LogP contribution in [0.4, 0.5) is 0 Å². The van der Waals surface area contributed by atoms with Crippen molar-refractivity contribution in [1.29, 1.82) is 0 Å². The highest BCUT2D eigenvalue weighted by molar-refractivity contribution is 5.76. The van der Waals surface area contributed by atoms with Crippen LogP contribution in [0.1, 0.15) is 25.0 Å². The lowest BCUT2D eigenvalue weighted by atomic mass is 10.2. The van der Waals surface area contributed by atoms with E-state index in [2.05, 4.69) is 10.3 Å². The minimum Gasteiger partial charge on any atom is -0.378 e. The van der Waals surface area contributed by atoms with E-state index in [9.17, 15) is 4.79 Å². The monoisotopic (exact) mass is 281 g/mol. The Hall–Kier alpha value is -1.47. The molecule has 2 rings (SSSR count). The molecular weight excluding hydrogens is 258 g/mol. The largest absolute Gasteiger partial charge is 0.378 e. The van der Waals surface area contributed by atoms with Gasteiger partial charge in [0.25, 0.3) is 0 Å². The number of hydrogen-bond acceptors (Lipinski definition) is 5. The second-order valence-electron chi connectivity index (χ2n) is 4.96. The van der Waals surface area contributed by atoms with Crippen molar-refractivity contribution in [1.82, 2.24) is 19.9 Å². The predicted octanol–water partition coefficient (Wildman–Crippen LogP) is -0.192. The zero-order valence-corrected chi connectivity index (χ0v) is 11.8. The Balaban J connectivity index is 1.67. The van der Waals surface area contributed by atoms with Gasteiger partial charge in [0.15, 0.2) is 0 Å². The zero-order chi connectivity index (χ0) is 14.2. The molecule has 1 fully saturated rings. The van der Waals surface area contributed by atoms with Gasteiger partial charge in [-0.3, -0.25) is 9.48 Å². The lowest BCUT2D eigenvalue weighted by Crippen LogP contribution is -2.40. The van der Waals surface area contributed by atoms with Crippen LogP contribution in [0.5, 0.6) is 0 Å². The van der Waals surface area contributed by atoms with Gasteiger partial charge in [0.05, 0.1) is 18.9 Å². The highest BCUT2D eigenvalue weighted by atomic mass is 16.5. The van der Waals surface area contributed by atoms with Crippen LogP contribution in [0.3, 0.4) is 0 Å². The topological polar surface area (TPSA) is 86.3 Å². The van der Waals surface area contributed by atoms with Crippen molar-refractivity contribution in [2.45, 2.75) is 32.2 Å². The fourth-order valence-electron chi connectivity index (χ4n) is 2.21. The van der Waals surface area contributed by atoms with Gasteiger partial charge in [-0.05, 0) is 25.8 Å². The molecular formula is C13H23N5O2. The average Bonchev–Trinajstić information content (AvgIpc) is 2.94. The highest BCUT2D eigenvalue weighted by Gasteiger charge is 2.16. The quantitative estimate of drug-likeness (QED) is 0.748. The van der Waals surface area contributed by atoms with Crippen molar-refractivity contribution in [3.8, 4) is 0 Å². The molecule has 20 heavy (non-hydrogen) atoms. The first kappa shape index (κ1) is 14.9. The standard InChI is InChI=1S/C13H23N5O2/c14-5-1-3-12-11-18(16-15-12)6-2-4-13(19)17-7-9-20-10-8-17/h11H,1-10,14H2. The van der Waals surface area contributed by atoms with E-state index in [1.807, 2.05) is 11.1 Å². The van der Waals surface area contributed by atoms with Crippen molar-refractivity contribution in [3.05, 3.63) is 11.9 Å². The number of carbonyl (C=O) groups is 1. The summed E-state index contributed by atoms with van der Waals surface area (Å²) in [6.45, 7) is 4.13. The Kier molecular flexibility index (Phi) is 5.94. The number of nitrogens with zero attached hydrogens (tertiary/aromatic N) is 4. The molecule has 1 aliphatic rings. The summed E-state index contributed by atoms with van der Waals surface area (Å²) in [5.74, 6) is 0.205. The van der Waals surface area contributed by atoms with Crippen LogP contribution in [0.2, 0.25) is 0 Å². The molecule has 0 unspecified atom stereocenters. The third-order valence-corrected chi connectivity index (χ3v) is 3.36. The van der Waals surface area contributed by atoms with Crippen molar-refractivity contribution in [2.24, 2.45) is 5.73 Å². The van der Waals surface area contributed by atoms with E-state index < -0.39 is 0 Å². The predicted molar refractivity (Wildman–Crippen MR) is 74.0 cm³/mol. The minimum atomic E-state index is 0.205. The maximum Gasteiger partial charge on any atom is 0.222 e. The van der Waals surface area contributed by atoms with Gasteiger partial charge in [-0.15, -0.1) is 5.10 Å². The second-order valence-corrected chi connectivity index (χ2v) is 4.96. The molecule has 2 heterocycles. The number of hydrogen-bond donors (Lipinski definition) is 1. The van der Waals surface area contributed by atoms with Crippen molar-refractivity contribution in [3.63, 3.8) is 0 Å². The minimum absolute atomic E-state index is 0.205. The Morgan fingerprint density at radius 1 is 1.35 bits per heavy atom. The van der Waals surface area contributed by atoms with Crippen LogP contribution in [-0.4, -0.2) is 58.6 Å². The van der Waals surface area contributed by atoms with E-state index in [1.165, 1.54) is 0 Å². The summed E-state index contributed by atoms with van der Waals surface area (Å²) in [7, 11) is 0. The maximum atomic E-state index is 11.9. The summed E-state index contributed by atoms with van der Waals surface area (Å²) in [6.07, 6.45) is 5.07. The third kappa shape index (κ3) is 4.57. The van der Waals surface area contributed by atoms with Gasteiger partial charge >= 0.3 is 0 Å². The van der Waals surface area contributed by atoms with Gasteiger partial charge in [0.2, 0.25) is 5.91 Å². The molecule has 7 heteroatoms. The van der Waals surface area contributed by atoms with Crippen LogP contribution in [0.25, 0.3) is 0 Å². The molecule has 1 amide bonds. The summed E-state index contributed by atoms with van der Waals surface area (Å²) in [4.78, 5) is 13.8. The third-order valence-electron chi connectivity index (χ3n) is 3.36. The van der Waals surface area contributed by atoms with Gasteiger partial charge in [-0.1, -0.05) is 5.21 Å². The first-order valence-electron chi connectivity index (χ1n) is 7.24. The number of aryl methyl sites for hydroxylation is 2. The average molecular weight is 281 g/mol. The molecule has 0 spiro atoms. The zero-order valence-electron chi connectivity index (χ0n) is 11.8. The summed E-state index contributed by atoms with van der Waals surface area (Å²) in [5.41, 5.74) is 6.43.